The number of rotatable bonds is 3. The molecule has 1 unspecified atom stereocenters. The van der Waals surface area contributed by atoms with Crippen LogP contribution in [0, 0.1) is 5.92 Å². The first-order valence-electron chi connectivity index (χ1n) is 3.24. The van der Waals surface area contributed by atoms with Crippen LogP contribution >= 0.6 is 0 Å². The quantitative estimate of drug-likeness (QED) is 0.618. The Labute approximate surface area is 55.9 Å². The maximum absolute atomic E-state index is 10.7. The van der Waals surface area contributed by atoms with Crippen molar-refractivity contribution >= 4 is 5.78 Å². The van der Waals surface area contributed by atoms with Crippen LogP contribution in [0.15, 0.2) is 0 Å². The summed E-state index contributed by atoms with van der Waals surface area (Å²) in [5, 5.41) is 8.72. The lowest BCUT2D eigenvalue weighted by atomic mass is 10.0. The zero-order valence-electron chi connectivity index (χ0n) is 6.22. The fraction of sp³-hybridized carbons (Fsp3) is 0.857. The predicted octanol–water partition coefficient (Wildman–Crippen LogP) is 0.982. The van der Waals surface area contributed by atoms with E-state index in [-0.39, 0.29) is 5.78 Å². The normalized spacial score (nSPS) is 13.9. The zero-order chi connectivity index (χ0) is 7.44. The second kappa shape index (κ2) is 3.62. The van der Waals surface area contributed by atoms with Gasteiger partial charge < -0.3 is 5.11 Å². The van der Waals surface area contributed by atoms with E-state index in [4.69, 9.17) is 5.11 Å². The summed E-state index contributed by atoms with van der Waals surface area (Å²) in [5.41, 5.74) is 0. The van der Waals surface area contributed by atoms with E-state index in [1.54, 1.807) is 0 Å². The molecule has 0 aliphatic rings. The van der Waals surface area contributed by atoms with E-state index in [2.05, 4.69) is 0 Å². The Morgan fingerprint density at radius 1 is 1.44 bits per heavy atom. The lowest BCUT2D eigenvalue weighted by molar-refractivity contribution is -0.126. The van der Waals surface area contributed by atoms with Gasteiger partial charge >= 0.3 is 0 Å². The molecule has 0 radical (unpaired) electrons. The molecule has 9 heavy (non-hydrogen) atoms. The minimum atomic E-state index is -0.785. The van der Waals surface area contributed by atoms with E-state index < -0.39 is 6.10 Å². The second-order valence-electron chi connectivity index (χ2n) is 2.74. The SMILES string of the molecule is CC(C)CC(=O)C(C)O. The average Bonchev–Trinajstić information content (AvgIpc) is 1.63. The van der Waals surface area contributed by atoms with Crippen LogP contribution in [0.5, 0.6) is 0 Å². The molecule has 2 nitrogen and oxygen atoms in total. The summed E-state index contributed by atoms with van der Waals surface area (Å²) in [6.07, 6.45) is -0.301. The summed E-state index contributed by atoms with van der Waals surface area (Å²) in [7, 11) is 0. The standard InChI is InChI=1S/C7H14O2/c1-5(2)4-7(9)6(3)8/h5-6,8H,4H2,1-3H3. The molecule has 0 amide bonds. The summed E-state index contributed by atoms with van der Waals surface area (Å²) in [4.78, 5) is 10.7. The number of Topliss-reactive ketones (excluding diaryl/α,β-unsaturated/α-hetero) is 1. The van der Waals surface area contributed by atoms with Gasteiger partial charge in [-0.3, -0.25) is 4.79 Å². The van der Waals surface area contributed by atoms with Crippen molar-refractivity contribution in [2.24, 2.45) is 5.92 Å². The Morgan fingerprint density at radius 3 is 2.00 bits per heavy atom. The van der Waals surface area contributed by atoms with Crippen LogP contribution in [0.25, 0.3) is 0 Å². The molecule has 0 saturated heterocycles. The highest BCUT2D eigenvalue weighted by Crippen LogP contribution is 2.01. The Kier molecular flexibility index (Phi) is 3.47. The summed E-state index contributed by atoms with van der Waals surface area (Å²) in [6.45, 7) is 5.42. The fourth-order valence-electron chi connectivity index (χ4n) is 0.573. The summed E-state index contributed by atoms with van der Waals surface area (Å²) >= 11 is 0. The van der Waals surface area contributed by atoms with Crippen molar-refractivity contribution in [3.63, 3.8) is 0 Å². The second-order valence-corrected chi connectivity index (χ2v) is 2.74. The Morgan fingerprint density at radius 2 is 1.89 bits per heavy atom. The Balaban J connectivity index is 3.51. The van der Waals surface area contributed by atoms with Crippen LogP contribution in [-0.4, -0.2) is 17.0 Å². The van der Waals surface area contributed by atoms with Gasteiger partial charge in [0.05, 0.1) is 0 Å². The Hall–Kier alpha value is -0.370. The number of aliphatic hydroxyl groups is 1. The van der Waals surface area contributed by atoms with Crippen molar-refractivity contribution in [1.82, 2.24) is 0 Å². The fourth-order valence-corrected chi connectivity index (χ4v) is 0.573. The van der Waals surface area contributed by atoms with Crippen molar-refractivity contribution in [3.8, 4) is 0 Å². The van der Waals surface area contributed by atoms with Gasteiger partial charge in [-0.1, -0.05) is 13.8 Å². The third kappa shape index (κ3) is 4.15. The van der Waals surface area contributed by atoms with E-state index in [1.807, 2.05) is 13.8 Å². The zero-order valence-corrected chi connectivity index (χ0v) is 6.22. The number of hydrogen-bond acceptors (Lipinski definition) is 2. The van der Waals surface area contributed by atoms with Gasteiger partial charge in [0.1, 0.15) is 6.10 Å². The maximum Gasteiger partial charge on any atom is 0.161 e. The molecule has 2 heteroatoms. The third-order valence-corrected chi connectivity index (χ3v) is 1.08. The molecule has 1 atom stereocenters. The van der Waals surface area contributed by atoms with Gasteiger partial charge in [0, 0.05) is 6.42 Å². The molecule has 0 aromatic heterocycles. The third-order valence-electron chi connectivity index (χ3n) is 1.08. The molecule has 0 bridgehead atoms. The highest BCUT2D eigenvalue weighted by atomic mass is 16.3. The topological polar surface area (TPSA) is 37.3 Å². The number of carbonyl (C=O) groups is 1. The molecular formula is C7H14O2. The first-order chi connectivity index (χ1) is 4.04. The molecule has 0 aliphatic heterocycles. The van der Waals surface area contributed by atoms with Gasteiger partial charge in [-0.25, -0.2) is 0 Å². The lowest BCUT2D eigenvalue weighted by Crippen LogP contribution is -2.17. The molecule has 0 aliphatic carbocycles. The van der Waals surface area contributed by atoms with Crippen LogP contribution in [0.2, 0.25) is 0 Å². The van der Waals surface area contributed by atoms with Crippen molar-refractivity contribution in [2.75, 3.05) is 0 Å². The van der Waals surface area contributed by atoms with Crippen LogP contribution in [0.4, 0.5) is 0 Å². The number of carbonyl (C=O) groups excluding carboxylic acids is 1. The minimum Gasteiger partial charge on any atom is -0.386 e. The van der Waals surface area contributed by atoms with E-state index in [0.717, 1.165) is 0 Å². The average molecular weight is 130 g/mol. The molecule has 0 heterocycles. The molecule has 0 saturated carbocycles. The summed E-state index contributed by atoms with van der Waals surface area (Å²) < 4.78 is 0. The minimum absolute atomic E-state index is 0.0648. The van der Waals surface area contributed by atoms with Crippen LogP contribution in [0.3, 0.4) is 0 Å². The van der Waals surface area contributed by atoms with Crippen LogP contribution in [-0.2, 0) is 4.79 Å². The van der Waals surface area contributed by atoms with Crippen molar-refractivity contribution in [2.45, 2.75) is 33.3 Å². The van der Waals surface area contributed by atoms with Gasteiger partial charge in [-0.15, -0.1) is 0 Å². The monoisotopic (exact) mass is 130 g/mol. The first kappa shape index (κ1) is 8.63. The van der Waals surface area contributed by atoms with Crippen molar-refractivity contribution < 1.29 is 9.90 Å². The molecular weight excluding hydrogens is 116 g/mol. The maximum atomic E-state index is 10.7. The predicted molar refractivity (Wildman–Crippen MR) is 36.1 cm³/mol. The molecule has 0 spiro atoms. The highest BCUT2D eigenvalue weighted by Gasteiger charge is 2.09. The van der Waals surface area contributed by atoms with Gasteiger partial charge in [0.25, 0.3) is 0 Å². The largest absolute Gasteiger partial charge is 0.386 e. The van der Waals surface area contributed by atoms with E-state index in [9.17, 15) is 4.79 Å². The highest BCUT2D eigenvalue weighted by molar-refractivity contribution is 5.82. The number of aliphatic hydroxyl groups excluding tert-OH is 1. The molecule has 1 N–H and O–H groups in total. The molecule has 54 valence electrons. The molecule has 0 rings (SSSR count). The molecule has 0 fully saturated rings. The first-order valence-corrected chi connectivity index (χ1v) is 3.24. The summed E-state index contributed by atoms with van der Waals surface area (Å²) in [5.74, 6) is 0.289. The Bertz CT molecular complexity index is 95.1. The van der Waals surface area contributed by atoms with Crippen LogP contribution in [0.1, 0.15) is 27.2 Å². The summed E-state index contributed by atoms with van der Waals surface area (Å²) in [6, 6.07) is 0. The number of ketones is 1. The smallest absolute Gasteiger partial charge is 0.161 e. The van der Waals surface area contributed by atoms with Crippen molar-refractivity contribution in [1.29, 1.82) is 0 Å². The van der Waals surface area contributed by atoms with Gasteiger partial charge in [0.15, 0.2) is 5.78 Å². The number of hydrogen-bond donors (Lipinski definition) is 1. The van der Waals surface area contributed by atoms with Gasteiger partial charge in [-0.05, 0) is 12.8 Å². The van der Waals surface area contributed by atoms with Gasteiger partial charge in [-0.2, -0.15) is 0 Å². The van der Waals surface area contributed by atoms with E-state index in [1.165, 1.54) is 6.92 Å². The van der Waals surface area contributed by atoms with Crippen molar-refractivity contribution in [3.05, 3.63) is 0 Å². The van der Waals surface area contributed by atoms with Crippen LogP contribution < -0.4 is 0 Å². The van der Waals surface area contributed by atoms with E-state index in [0.29, 0.717) is 12.3 Å². The van der Waals surface area contributed by atoms with E-state index >= 15 is 0 Å². The lowest BCUT2D eigenvalue weighted by Gasteiger charge is -2.04. The molecule has 0 aromatic carbocycles. The van der Waals surface area contributed by atoms with Gasteiger partial charge in [0.2, 0.25) is 0 Å². The molecule has 0 aromatic rings.